The fourth-order valence-electron chi connectivity index (χ4n) is 4.96. The summed E-state index contributed by atoms with van der Waals surface area (Å²) in [6.07, 6.45) is 7.73. The molecule has 1 aromatic heterocycles. The van der Waals surface area contributed by atoms with Crippen LogP contribution in [0.25, 0.3) is 10.8 Å². The number of nitrogens with zero attached hydrogens (tertiary/aromatic N) is 2. The molecular formula is C24H27N3O. The molecule has 2 aliphatic rings. The van der Waals surface area contributed by atoms with Crippen LogP contribution >= 0.6 is 0 Å². The molecule has 144 valence electrons. The van der Waals surface area contributed by atoms with Crippen molar-refractivity contribution in [3.63, 3.8) is 0 Å². The number of benzene rings is 2. The van der Waals surface area contributed by atoms with Crippen LogP contribution in [0.3, 0.4) is 0 Å². The lowest BCUT2D eigenvalue weighted by atomic mass is 9.87. The number of pyridine rings is 1. The second kappa shape index (κ2) is 7.44. The van der Waals surface area contributed by atoms with Crippen molar-refractivity contribution in [2.45, 2.75) is 50.7 Å². The minimum atomic E-state index is 0.149. The van der Waals surface area contributed by atoms with Gasteiger partial charge in [0.05, 0.1) is 0 Å². The molecule has 3 aromatic rings. The molecule has 0 radical (unpaired) electrons. The van der Waals surface area contributed by atoms with Crippen LogP contribution in [0.4, 0.5) is 5.69 Å². The van der Waals surface area contributed by atoms with Crippen molar-refractivity contribution in [2.24, 2.45) is 0 Å². The van der Waals surface area contributed by atoms with Gasteiger partial charge in [0.15, 0.2) is 0 Å². The van der Waals surface area contributed by atoms with E-state index in [1.165, 1.54) is 47.9 Å². The van der Waals surface area contributed by atoms with Crippen molar-refractivity contribution in [3.05, 3.63) is 65.9 Å². The number of nitrogens with one attached hydrogen (secondary N) is 1. The monoisotopic (exact) mass is 373 g/mol. The van der Waals surface area contributed by atoms with Crippen molar-refractivity contribution < 1.29 is 5.11 Å². The summed E-state index contributed by atoms with van der Waals surface area (Å²) in [6.45, 7) is 2.00. The Morgan fingerprint density at radius 2 is 1.82 bits per heavy atom. The maximum atomic E-state index is 10.2. The van der Waals surface area contributed by atoms with E-state index in [0.29, 0.717) is 12.1 Å². The Labute approximate surface area is 166 Å². The highest BCUT2D eigenvalue weighted by Crippen LogP contribution is 2.39. The lowest BCUT2D eigenvalue weighted by Crippen LogP contribution is -2.44. The number of aromatic nitrogens is 1. The third-order valence-corrected chi connectivity index (χ3v) is 6.45. The molecule has 1 aliphatic carbocycles. The standard InChI is InChI=1S/C24H27N3O/c28-24-21-7-4-8-22-23(21)18(16-26-24)13-14-27(22)20-11-9-19(10-12-20)25-15-17-5-2-1-3-6-17/h1-8,16,19-20,25H,9-15H2,(H,26,28). The van der Waals surface area contributed by atoms with Crippen LogP contribution in [-0.4, -0.2) is 28.7 Å². The molecule has 1 fully saturated rings. The van der Waals surface area contributed by atoms with Crippen LogP contribution in [0, 0.1) is 0 Å². The molecule has 1 aliphatic heterocycles. The topological polar surface area (TPSA) is 48.4 Å². The molecule has 5 rings (SSSR count). The summed E-state index contributed by atoms with van der Waals surface area (Å²) in [5.41, 5.74) is 3.90. The number of hydrogen-bond donors (Lipinski definition) is 2. The first-order valence-corrected chi connectivity index (χ1v) is 10.4. The van der Waals surface area contributed by atoms with Crippen molar-refractivity contribution in [3.8, 4) is 5.88 Å². The molecular weight excluding hydrogens is 346 g/mol. The molecule has 0 spiro atoms. The highest BCUT2D eigenvalue weighted by atomic mass is 16.3. The van der Waals surface area contributed by atoms with Crippen LogP contribution in [0.15, 0.2) is 54.7 Å². The molecule has 0 atom stereocenters. The second-order valence-electron chi connectivity index (χ2n) is 8.12. The van der Waals surface area contributed by atoms with Crippen molar-refractivity contribution in [1.29, 1.82) is 0 Å². The maximum absolute atomic E-state index is 10.2. The maximum Gasteiger partial charge on any atom is 0.218 e. The van der Waals surface area contributed by atoms with E-state index in [4.69, 9.17) is 0 Å². The van der Waals surface area contributed by atoms with Gasteiger partial charge >= 0.3 is 0 Å². The van der Waals surface area contributed by atoms with Gasteiger partial charge in [-0.25, -0.2) is 4.98 Å². The van der Waals surface area contributed by atoms with Gasteiger partial charge in [0, 0.05) is 47.8 Å². The Kier molecular flexibility index (Phi) is 4.65. The van der Waals surface area contributed by atoms with Gasteiger partial charge in [0.2, 0.25) is 5.88 Å². The average Bonchev–Trinajstić information content (AvgIpc) is 2.76. The molecule has 0 bridgehead atoms. The summed E-state index contributed by atoms with van der Waals surface area (Å²) < 4.78 is 0. The van der Waals surface area contributed by atoms with Crippen LogP contribution in [0.1, 0.15) is 36.8 Å². The number of hydrogen-bond acceptors (Lipinski definition) is 4. The van der Waals surface area contributed by atoms with Gasteiger partial charge in [-0.05, 0) is 55.4 Å². The van der Waals surface area contributed by atoms with E-state index < -0.39 is 0 Å². The fraction of sp³-hybridized carbons (Fsp3) is 0.375. The van der Waals surface area contributed by atoms with Crippen LogP contribution < -0.4 is 10.2 Å². The average molecular weight is 374 g/mol. The number of anilines is 1. The first kappa shape index (κ1) is 17.5. The minimum Gasteiger partial charge on any atom is -0.493 e. The molecule has 4 nitrogen and oxygen atoms in total. The second-order valence-corrected chi connectivity index (χ2v) is 8.12. The molecule has 2 heterocycles. The van der Waals surface area contributed by atoms with Gasteiger partial charge in [-0.2, -0.15) is 0 Å². The third-order valence-electron chi connectivity index (χ3n) is 6.45. The highest BCUT2D eigenvalue weighted by Gasteiger charge is 2.29. The van der Waals surface area contributed by atoms with Crippen LogP contribution in [0.5, 0.6) is 5.88 Å². The normalized spacial score (nSPS) is 21.8. The van der Waals surface area contributed by atoms with E-state index in [9.17, 15) is 5.11 Å². The summed E-state index contributed by atoms with van der Waals surface area (Å²) in [5.74, 6) is 0.149. The van der Waals surface area contributed by atoms with Gasteiger partial charge in [-0.3, -0.25) is 0 Å². The largest absolute Gasteiger partial charge is 0.493 e. The zero-order chi connectivity index (χ0) is 18.9. The van der Waals surface area contributed by atoms with E-state index in [-0.39, 0.29) is 5.88 Å². The van der Waals surface area contributed by atoms with Crippen LogP contribution in [-0.2, 0) is 13.0 Å². The number of aromatic hydroxyl groups is 1. The molecule has 2 aromatic carbocycles. The van der Waals surface area contributed by atoms with Gasteiger partial charge < -0.3 is 15.3 Å². The van der Waals surface area contributed by atoms with Gasteiger partial charge in [0.1, 0.15) is 0 Å². The van der Waals surface area contributed by atoms with Crippen molar-refractivity contribution >= 4 is 16.5 Å². The number of rotatable bonds is 4. The molecule has 0 unspecified atom stereocenters. The molecule has 0 amide bonds. The molecule has 0 saturated heterocycles. The van der Waals surface area contributed by atoms with Crippen molar-refractivity contribution in [2.75, 3.05) is 11.4 Å². The highest BCUT2D eigenvalue weighted by molar-refractivity contribution is 6.00. The fourth-order valence-corrected chi connectivity index (χ4v) is 4.96. The molecule has 2 N–H and O–H groups in total. The smallest absolute Gasteiger partial charge is 0.218 e. The van der Waals surface area contributed by atoms with Gasteiger partial charge in [0.25, 0.3) is 0 Å². The Bertz CT molecular complexity index is 964. The lowest BCUT2D eigenvalue weighted by Gasteiger charge is -2.41. The SMILES string of the molecule is Oc1ncc2c3c(cccc13)N(C1CCC(NCc3ccccc3)CC1)CC2. The first-order valence-electron chi connectivity index (χ1n) is 10.4. The predicted octanol–water partition coefficient (Wildman–Crippen LogP) is 4.40. The Hall–Kier alpha value is -2.59. The molecule has 1 saturated carbocycles. The molecule has 4 heteroatoms. The Morgan fingerprint density at radius 1 is 1.00 bits per heavy atom. The third kappa shape index (κ3) is 3.22. The van der Waals surface area contributed by atoms with Gasteiger partial charge in [-0.15, -0.1) is 0 Å². The lowest BCUT2D eigenvalue weighted by molar-refractivity contribution is 0.330. The minimum absolute atomic E-state index is 0.149. The summed E-state index contributed by atoms with van der Waals surface area (Å²) in [7, 11) is 0. The molecule has 28 heavy (non-hydrogen) atoms. The summed E-state index contributed by atoms with van der Waals surface area (Å²) in [5, 5.41) is 16.0. The van der Waals surface area contributed by atoms with E-state index in [2.05, 4.69) is 51.6 Å². The van der Waals surface area contributed by atoms with E-state index >= 15 is 0 Å². The van der Waals surface area contributed by atoms with E-state index in [0.717, 1.165) is 24.9 Å². The van der Waals surface area contributed by atoms with Crippen LogP contribution in [0.2, 0.25) is 0 Å². The van der Waals surface area contributed by atoms with Crippen molar-refractivity contribution in [1.82, 2.24) is 10.3 Å². The summed E-state index contributed by atoms with van der Waals surface area (Å²) in [4.78, 5) is 6.76. The first-order chi connectivity index (χ1) is 13.8. The quantitative estimate of drug-likeness (QED) is 0.711. The summed E-state index contributed by atoms with van der Waals surface area (Å²) >= 11 is 0. The van der Waals surface area contributed by atoms with Gasteiger partial charge in [-0.1, -0.05) is 36.4 Å². The van der Waals surface area contributed by atoms with E-state index in [1.807, 2.05) is 18.3 Å². The predicted molar refractivity (Wildman–Crippen MR) is 114 cm³/mol. The Morgan fingerprint density at radius 3 is 2.64 bits per heavy atom. The zero-order valence-corrected chi connectivity index (χ0v) is 16.1. The summed E-state index contributed by atoms with van der Waals surface area (Å²) in [6, 6.07) is 18.1. The zero-order valence-electron chi connectivity index (χ0n) is 16.1. The van der Waals surface area contributed by atoms with E-state index in [1.54, 1.807) is 0 Å². The Balaban J connectivity index is 1.28.